The van der Waals surface area contributed by atoms with Crippen molar-refractivity contribution in [3.8, 4) is 11.1 Å². The largest absolute Gasteiger partial charge is 0.481 e. The number of anilines is 1. The minimum Gasteiger partial charge on any atom is -0.481 e. The van der Waals surface area contributed by atoms with Crippen molar-refractivity contribution in [1.82, 2.24) is 9.13 Å². The Morgan fingerprint density at radius 2 is 1.87 bits per heavy atom. The number of carbonyl (C=O) groups is 1. The Labute approximate surface area is 180 Å². The quantitative estimate of drug-likeness (QED) is 0.627. The Kier molecular flexibility index (Phi) is 5.17. The van der Waals surface area contributed by atoms with Gasteiger partial charge in [0, 0.05) is 74.5 Å². The van der Waals surface area contributed by atoms with E-state index < -0.39 is 15.8 Å². The molecule has 164 valence electrons. The molecule has 8 nitrogen and oxygen atoms in total. The number of fused-ring (bicyclic) bond motifs is 2. The van der Waals surface area contributed by atoms with E-state index >= 15 is 0 Å². The van der Waals surface area contributed by atoms with E-state index in [0.29, 0.717) is 30.6 Å². The molecule has 3 heterocycles. The normalized spacial score (nSPS) is 13.3. The van der Waals surface area contributed by atoms with Crippen molar-refractivity contribution in [2.75, 3.05) is 17.7 Å². The maximum absolute atomic E-state index is 12.8. The summed E-state index contributed by atoms with van der Waals surface area (Å²) in [5, 5.41) is 9.92. The number of sulfone groups is 1. The molecule has 0 unspecified atom stereocenters. The number of nitrogens with zero attached hydrogens (tertiary/aromatic N) is 3. The van der Waals surface area contributed by atoms with Crippen molar-refractivity contribution in [1.29, 1.82) is 0 Å². The van der Waals surface area contributed by atoms with Crippen LogP contribution in [0.15, 0.2) is 35.4 Å². The van der Waals surface area contributed by atoms with Crippen LogP contribution >= 0.6 is 0 Å². The monoisotopic (exact) mass is 443 g/mol. The fourth-order valence-corrected chi connectivity index (χ4v) is 5.22. The van der Waals surface area contributed by atoms with Crippen LogP contribution in [0.4, 0.5) is 5.69 Å². The molecule has 1 aliphatic rings. The fraction of sp³-hybridized carbons (Fsp3) is 0.364. The van der Waals surface area contributed by atoms with Gasteiger partial charge in [0.25, 0.3) is 5.56 Å². The molecule has 4 rings (SSSR count). The Morgan fingerprint density at radius 3 is 2.55 bits per heavy atom. The van der Waals surface area contributed by atoms with E-state index in [1.807, 2.05) is 29.9 Å². The Balaban J connectivity index is 1.95. The summed E-state index contributed by atoms with van der Waals surface area (Å²) in [6, 6.07) is 5.58. The maximum Gasteiger partial charge on any atom is 0.303 e. The summed E-state index contributed by atoms with van der Waals surface area (Å²) in [5.41, 5.74) is 4.79. The van der Waals surface area contributed by atoms with Gasteiger partial charge in [-0.1, -0.05) is 6.07 Å². The number of carboxylic acids is 1. The first-order valence-corrected chi connectivity index (χ1v) is 12.1. The molecule has 9 heteroatoms. The maximum atomic E-state index is 12.8. The second kappa shape index (κ2) is 7.56. The van der Waals surface area contributed by atoms with Gasteiger partial charge in [0.15, 0.2) is 9.84 Å². The molecule has 0 atom stereocenters. The van der Waals surface area contributed by atoms with Crippen molar-refractivity contribution in [3.63, 3.8) is 0 Å². The lowest BCUT2D eigenvalue weighted by Gasteiger charge is -2.26. The van der Waals surface area contributed by atoms with Crippen LogP contribution in [0, 0.1) is 0 Å². The van der Waals surface area contributed by atoms with E-state index in [2.05, 4.69) is 4.90 Å². The van der Waals surface area contributed by atoms with Crippen LogP contribution in [0.3, 0.4) is 0 Å². The Hall–Kier alpha value is -3.07. The molecular weight excluding hydrogens is 418 g/mol. The fourth-order valence-electron chi connectivity index (χ4n) is 4.44. The summed E-state index contributed by atoms with van der Waals surface area (Å²) >= 11 is 0. The van der Waals surface area contributed by atoms with Crippen LogP contribution in [-0.2, 0) is 41.0 Å². The topological polar surface area (TPSA) is 102 Å². The van der Waals surface area contributed by atoms with Crippen LogP contribution in [0.2, 0.25) is 0 Å². The third-order valence-electron chi connectivity index (χ3n) is 5.68. The minimum absolute atomic E-state index is 0.0643. The van der Waals surface area contributed by atoms with Gasteiger partial charge >= 0.3 is 5.97 Å². The van der Waals surface area contributed by atoms with Gasteiger partial charge in [-0.3, -0.25) is 9.59 Å². The van der Waals surface area contributed by atoms with Crippen molar-refractivity contribution in [2.24, 2.45) is 14.1 Å². The van der Waals surface area contributed by atoms with Crippen molar-refractivity contribution < 1.29 is 18.3 Å². The smallest absolute Gasteiger partial charge is 0.303 e. The van der Waals surface area contributed by atoms with E-state index in [9.17, 15) is 18.0 Å². The van der Waals surface area contributed by atoms with Gasteiger partial charge in [-0.2, -0.15) is 0 Å². The van der Waals surface area contributed by atoms with Crippen LogP contribution in [0.5, 0.6) is 0 Å². The zero-order chi connectivity index (χ0) is 22.5. The summed E-state index contributed by atoms with van der Waals surface area (Å²) in [7, 11) is 0.339. The minimum atomic E-state index is -3.21. The molecule has 0 spiro atoms. The van der Waals surface area contributed by atoms with Gasteiger partial charge in [-0.25, -0.2) is 8.42 Å². The molecule has 0 radical (unpaired) electrons. The second-order valence-electron chi connectivity index (χ2n) is 8.29. The lowest BCUT2D eigenvalue weighted by Crippen LogP contribution is -2.24. The number of hydrogen-bond acceptors (Lipinski definition) is 5. The van der Waals surface area contributed by atoms with Gasteiger partial charge in [0.1, 0.15) is 5.52 Å². The number of aryl methyl sites for hydroxylation is 2. The van der Waals surface area contributed by atoms with Crippen molar-refractivity contribution in [2.45, 2.75) is 25.1 Å². The van der Waals surface area contributed by atoms with E-state index in [-0.39, 0.29) is 17.7 Å². The molecule has 1 aliphatic heterocycles. The van der Waals surface area contributed by atoms with Crippen LogP contribution < -0.4 is 10.5 Å². The predicted molar refractivity (Wildman–Crippen MR) is 120 cm³/mol. The van der Waals surface area contributed by atoms with Crippen LogP contribution in [0.1, 0.15) is 24.0 Å². The average molecular weight is 444 g/mol. The lowest BCUT2D eigenvalue weighted by molar-refractivity contribution is -0.137. The van der Waals surface area contributed by atoms with E-state index in [4.69, 9.17) is 5.11 Å². The SMILES string of the molecule is Cn1cc2c3c(cn(C)c3c1=O)CN(CCCC(=O)O)c1ccc(CS(C)(=O)=O)cc1-2. The molecule has 0 saturated heterocycles. The molecule has 2 aromatic heterocycles. The number of benzene rings is 1. The zero-order valence-corrected chi connectivity index (χ0v) is 18.6. The standard InChI is InChI=1S/C22H25N3O5S/c1-23-10-15-11-25(8-4-5-19(26)27)18-7-6-14(13-31(3,29)30)9-16(18)17-12-24(2)22(28)21(23)20(15)17/h6-7,9-10,12H,4-5,8,11,13H2,1-3H3,(H,26,27). The first-order valence-electron chi connectivity index (χ1n) is 10.0. The molecule has 1 N–H and O–H groups in total. The van der Waals surface area contributed by atoms with Crippen molar-refractivity contribution in [3.05, 3.63) is 52.1 Å². The summed E-state index contributed by atoms with van der Waals surface area (Å²) in [6.45, 7) is 1.07. The molecule has 0 fully saturated rings. The van der Waals surface area contributed by atoms with E-state index in [1.54, 1.807) is 23.9 Å². The third kappa shape index (κ3) is 3.97. The molecular formula is C22H25N3O5S. The van der Waals surface area contributed by atoms with E-state index in [1.165, 1.54) is 6.26 Å². The van der Waals surface area contributed by atoms with Gasteiger partial charge < -0.3 is 19.1 Å². The summed E-state index contributed by atoms with van der Waals surface area (Å²) < 4.78 is 27.1. The predicted octanol–water partition coefficient (Wildman–Crippen LogP) is 2.27. The Bertz CT molecular complexity index is 1370. The molecule has 0 saturated carbocycles. The van der Waals surface area contributed by atoms with E-state index in [0.717, 1.165) is 27.8 Å². The highest BCUT2D eigenvalue weighted by Crippen LogP contribution is 2.41. The number of carboxylic acid groups (broad SMARTS) is 1. The van der Waals surface area contributed by atoms with Gasteiger partial charge in [-0.15, -0.1) is 0 Å². The molecule has 0 aliphatic carbocycles. The molecule has 0 bridgehead atoms. The number of aromatic nitrogens is 2. The third-order valence-corrected chi connectivity index (χ3v) is 6.53. The summed E-state index contributed by atoms with van der Waals surface area (Å²) in [6.07, 6.45) is 5.50. The highest BCUT2D eigenvalue weighted by molar-refractivity contribution is 7.89. The average Bonchev–Trinajstić information content (AvgIpc) is 2.92. The van der Waals surface area contributed by atoms with Crippen molar-refractivity contribution >= 4 is 32.4 Å². The van der Waals surface area contributed by atoms with Crippen LogP contribution in [-0.4, -0.2) is 41.4 Å². The lowest BCUT2D eigenvalue weighted by atomic mass is 9.99. The highest BCUT2D eigenvalue weighted by Gasteiger charge is 2.26. The van der Waals surface area contributed by atoms with Gasteiger partial charge in [0.05, 0.1) is 5.75 Å². The first kappa shape index (κ1) is 21.2. The van der Waals surface area contributed by atoms with Gasteiger partial charge in [0.2, 0.25) is 0 Å². The highest BCUT2D eigenvalue weighted by atomic mass is 32.2. The molecule has 1 aromatic carbocycles. The second-order valence-corrected chi connectivity index (χ2v) is 10.4. The van der Waals surface area contributed by atoms with Gasteiger partial charge in [-0.05, 0) is 29.7 Å². The summed E-state index contributed by atoms with van der Waals surface area (Å²) in [4.78, 5) is 26.0. The molecule has 31 heavy (non-hydrogen) atoms. The number of pyridine rings is 1. The Morgan fingerprint density at radius 1 is 1.13 bits per heavy atom. The summed E-state index contributed by atoms with van der Waals surface area (Å²) in [5.74, 6) is -0.914. The number of rotatable bonds is 6. The number of aliphatic carboxylic acids is 1. The molecule has 3 aromatic rings. The molecule has 0 amide bonds. The van der Waals surface area contributed by atoms with Crippen LogP contribution in [0.25, 0.3) is 22.0 Å². The zero-order valence-electron chi connectivity index (χ0n) is 17.8. The number of hydrogen-bond donors (Lipinski definition) is 1. The first-order chi connectivity index (χ1) is 14.5.